The largest absolute Gasteiger partial charge is 0.462 e. The number of hydrogen-bond donors (Lipinski definition) is 2. The zero-order chi connectivity index (χ0) is 25.5. The maximum Gasteiger partial charge on any atom is 0.340 e. The Morgan fingerprint density at radius 2 is 2.06 bits per heavy atom. The van der Waals surface area contributed by atoms with E-state index in [1.165, 1.54) is 10.6 Å². The lowest BCUT2D eigenvalue weighted by Gasteiger charge is -2.15. The van der Waals surface area contributed by atoms with Crippen molar-refractivity contribution < 1.29 is 27.1 Å². The van der Waals surface area contributed by atoms with Crippen molar-refractivity contribution in [1.82, 2.24) is 9.55 Å². The molecule has 1 saturated carbocycles. The summed E-state index contributed by atoms with van der Waals surface area (Å²) in [6, 6.07) is 6.18. The summed E-state index contributed by atoms with van der Waals surface area (Å²) in [5.41, 5.74) is 5.11. The van der Waals surface area contributed by atoms with E-state index in [0.717, 1.165) is 19.1 Å². The number of benzene rings is 2. The number of primary amides is 1. The van der Waals surface area contributed by atoms with Gasteiger partial charge in [0.25, 0.3) is 5.91 Å². The van der Waals surface area contributed by atoms with Crippen LogP contribution in [-0.4, -0.2) is 48.5 Å². The van der Waals surface area contributed by atoms with E-state index in [1.807, 2.05) is 0 Å². The number of hydrogen-bond acceptors (Lipinski definition) is 7. The third-order valence-corrected chi connectivity index (χ3v) is 7.18. The Morgan fingerprint density at radius 3 is 2.66 bits per heavy atom. The van der Waals surface area contributed by atoms with E-state index in [1.54, 1.807) is 18.2 Å². The van der Waals surface area contributed by atoms with Gasteiger partial charge in [-0.25, -0.2) is 22.6 Å². The number of nitrogens with one attached hydrogen (secondary N) is 1. The molecule has 1 aromatic heterocycles. The number of imidazole rings is 1. The van der Waals surface area contributed by atoms with Crippen LogP contribution in [0.3, 0.4) is 0 Å². The molecule has 3 N–H and O–H groups in total. The van der Waals surface area contributed by atoms with Gasteiger partial charge in [0.15, 0.2) is 11.6 Å². The van der Waals surface area contributed by atoms with Crippen molar-refractivity contribution in [2.45, 2.75) is 19.4 Å². The third-order valence-electron chi connectivity index (χ3n) is 5.45. The van der Waals surface area contributed by atoms with E-state index in [4.69, 9.17) is 22.1 Å². The summed E-state index contributed by atoms with van der Waals surface area (Å²) in [6.45, 7) is -0.0221. The van der Waals surface area contributed by atoms with Gasteiger partial charge in [0.1, 0.15) is 15.4 Å². The molecular weight excluding hydrogens is 567 g/mol. The molecule has 1 aliphatic rings. The van der Waals surface area contributed by atoms with Crippen LogP contribution in [0.1, 0.15) is 33.8 Å². The number of ether oxygens (including phenoxy) is 1. The van der Waals surface area contributed by atoms with E-state index in [-0.39, 0.29) is 58.0 Å². The first-order valence-electron chi connectivity index (χ1n) is 10.5. The lowest BCUT2D eigenvalue weighted by atomic mass is 10.1. The number of aromatic nitrogens is 2. The Hall–Kier alpha value is -2.70. The van der Waals surface area contributed by atoms with Gasteiger partial charge in [0.05, 0.1) is 39.8 Å². The van der Waals surface area contributed by atoms with Crippen molar-refractivity contribution in [2.24, 2.45) is 11.7 Å². The van der Waals surface area contributed by atoms with Crippen LogP contribution in [0.25, 0.3) is 11.0 Å². The van der Waals surface area contributed by atoms with Crippen LogP contribution in [0.5, 0.6) is 0 Å². The standard InChI is InChI=1S/C22H21BrClFN4O5S/c1-35(32,33)7-6-29-16-9-13(22(31)34-10-11-2-3-11)18(17(25)19(16)28-21(29)20(26)30)27-15-5-4-12(23)8-14(15)24/h4-5,8-9,11,27H,2-3,6-7,10H2,1H3,(H2,26,30). The Bertz CT molecular complexity index is 1460. The summed E-state index contributed by atoms with van der Waals surface area (Å²) >= 11 is 9.58. The lowest BCUT2D eigenvalue weighted by molar-refractivity contribution is 0.0487. The van der Waals surface area contributed by atoms with Gasteiger partial charge in [0, 0.05) is 17.3 Å². The average molecular weight is 588 g/mol. The summed E-state index contributed by atoms with van der Waals surface area (Å²) in [5.74, 6) is -3.12. The molecule has 9 nitrogen and oxygen atoms in total. The fraction of sp³-hybridized carbons (Fsp3) is 0.318. The van der Waals surface area contributed by atoms with Gasteiger partial charge in [-0.1, -0.05) is 27.5 Å². The minimum absolute atomic E-state index is 0.0331. The molecule has 13 heteroatoms. The van der Waals surface area contributed by atoms with E-state index in [2.05, 4.69) is 26.2 Å². The third kappa shape index (κ3) is 5.76. The number of halogens is 3. The fourth-order valence-corrected chi connectivity index (χ4v) is 4.69. The SMILES string of the molecule is CS(=O)(=O)CCn1c(C(N)=O)nc2c(F)c(Nc3ccc(Br)cc3Cl)c(C(=O)OCC3CC3)cc21. The molecule has 0 bridgehead atoms. The van der Waals surface area contributed by atoms with Crippen LogP contribution in [0.15, 0.2) is 28.7 Å². The summed E-state index contributed by atoms with van der Waals surface area (Å²) < 4.78 is 46.6. The number of carbonyl (C=O) groups excluding carboxylic acids is 2. The molecule has 0 spiro atoms. The van der Waals surface area contributed by atoms with Gasteiger partial charge >= 0.3 is 5.97 Å². The summed E-state index contributed by atoms with van der Waals surface area (Å²) in [7, 11) is -3.43. The Kier molecular flexibility index (Phi) is 7.07. The monoisotopic (exact) mass is 586 g/mol. The van der Waals surface area contributed by atoms with Crippen molar-refractivity contribution in [3.05, 3.63) is 51.0 Å². The van der Waals surface area contributed by atoms with Crippen molar-refractivity contribution in [3.8, 4) is 0 Å². The lowest BCUT2D eigenvalue weighted by Crippen LogP contribution is -2.21. The first-order chi connectivity index (χ1) is 16.4. The minimum atomic E-state index is -3.43. The number of nitrogens with zero attached hydrogens (tertiary/aromatic N) is 2. The highest BCUT2D eigenvalue weighted by Gasteiger charge is 2.28. The second-order valence-electron chi connectivity index (χ2n) is 8.35. The van der Waals surface area contributed by atoms with Gasteiger partial charge in [0.2, 0.25) is 0 Å². The molecule has 4 rings (SSSR count). The number of esters is 1. The molecule has 0 radical (unpaired) electrons. The van der Waals surface area contributed by atoms with Gasteiger partial charge < -0.3 is 20.4 Å². The molecular formula is C22H21BrClFN4O5S. The highest BCUT2D eigenvalue weighted by molar-refractivity contribution is 9.10. The molecule has 35 heavy (non-hydrogen) atoms. The first kappa shape index (κ1) is 25.4. The first-order valence-corrected chi connectivity index (χ1v) is 13.8. The summed E-state index contributed by atoms with van der Waals surface area (Å²) in [4.78, 5) is 29.0. The van der Waals surface area contributed by atoms with Gasteiger partial charge in [-0.2, -0.15) is 0 Å². The van der Waals surface area contributed by atoms with Gasteiger partial charge in [-0.15, -0.1) is 0 Å². The average Bonchev–Trinajstić information content (AvgIpc) is 3.52. The second-order valence-corrected chi connectivity index (χ2v) is 11.9. The summed E-state index contributed by atoms with van der Waals surface area (Å²) in [6.07, 6.45) is 2.92. The molecule has 0 unspecified atom stereocenters. The number of anilines is 2. The predicted octanol–water partition coefficient (Wildman–Crippen LogP) is 4.05. The smallest absolute Gasteiger partial charge is 0.340 e. The highest BCUT2D eigenvalue weighted by atomic mass is 79.9. The van der Waals surface area contributed by atoms with Crippen LogP contribution in [0.2, 0.25) is 5.02 Å². The topological polar surface area (TPSA) is 133 Å². The molecule has 2 aromatic carbocycles. The van der Waals surface area contributed by atoms with Crippen molar-refractivity contribution in [3.63, 3.8) is 0 Å². The number of fused-ring (bicyclic) bond motifs is 1. The Balaban J connectivity index is 1.88. The predicted molar refractivity (Wildman–Crippen MR) is 133 cm³/mol. The van der Waals surface area contributed by atoms with Crippen LogP contribution < -0.4 is 11.1 Å². The van der Waals surface area contributed by atoms with Gasteiger partial charge in [-0.3, -0.25) is 4.79 Å². The maximum atomic E-state index is 15.9. The van der Waals surface area contributed by atoms with Crippen LogP contribution in [0, 0.1) is 11.7 Å². The number of rotatable bonds is 9. The molecule has 1 amide bonds. The van der Waals surface area contributed by atoms with Gasteiger partial charge in [-0.05, 0) is 43.0 Å². The second kappa shape index (κ2) is 9.75. The highest BCUT2D eigenvalue weighted by Crippen LogP contribution is 2.36. The molecule has 0 aliphatic heterocycles. The van der Waals surface area contributed by atoms with E-state index in [0.29, 0.717) is 10.2 Å². The fourth-order valence-electron chi connectivity index (χ4n) is 3.45. The molecule has 3 aromatic rings. The van der Waals surface area contributed by atoms with Crippen LogP contribution in [-0.2, 0) is 21.1 Å². The molecule has 186 valence electrons. The number of amides is 1. The van der Waals surface area contributed by atoms with Crippen LogP contribution in [0.4, 0.5) is 15.8 Å². The molecule has 1 heterocycles. The zero-order valence-corrected chi connectivity index (χ0v) is 21.6. The van der Waals surface area contributed by atoms with Crippen molar-refractivity contribution >= 4 is 71.7 Å². The number of aryl methyl sites for hydroxylation is 1. The number of nitrogens with two attached hydrogens (primary N) is 1. The molecule has 1 fully saturated rings. The molecule has 1 aliphatic carbocycles. The van der Waals surface area contributed by atoms with Crippen molar-refractivity contribution in [1.29, 1.82) is 0 Å². The van der Waals surface area contributed by atoms with E-state index < -0.39 is 27.5 Å². The Morgan fingerprint density at radius 1 is 1.34 bits per heavy atom. The quantitative estimate of drug-likeness (QED) is 0.361. The van der Waals surface area contributed by atoms with Crippen LogP contribution >= 0.6 is 27.5 Å². The normalized spacial score (nSPS) is 13.7. The number of carbonyl (C=O) groups is 2. The van der Waals surface area contributed by atoms with E-state index >= 15 is 4.39 Å². The Labute approximate surface area is 213 Å². The van der Waals surface area contributed by atoms with E-state index in [9.17, 15) is 18.0 Å². The van der Waals surface area contributed by atoms with Crippen molar-refractivity contribution in [2.75, 3.05) is 23.9 Å². The zero-order valence-electron chi connectivity index (χ0n) is 18.5. The maximum absolute atomic E-state index is 15.9. The minimum Gasteiger partial charge on any atom is -0.462 e. The molecule has 0 saturated heterocycles. The number of sulfone groups is 1. The summed E-state index contributed by atoms with van der Waals surface area (Å²) in [5, 5.41) is 3.09. The molecule has 0 atom stereocenters.